The molecule has 2 aliphatic rings. The maximum absolute atomic E-state index is 13.0. The molecular formula is C12H11F3N2O. The van der Waals surface area contributed by atoms with Crippen molar-refractivity contribution in [1.29, 1.82) is 0 Å². The standard InChI is InChI=1S/C12H11F3N2O/c13-12(14,15)17-10-6-16-5-9(10)7-3-1-2-4-8(7)11(17)18/h1-4,9-10,16H,5-6H2. The summed E-state index contributed by atoms with van der Waals surface area (Å²) in [5.74, 6) is -1.22. The molecule has 2 aliphatic heterocycles. The molecule has 96 valence electrons. The maximum atomic E-state index is 13.0. The number of carbonyl (C=O) groups excluding carboxylic acids is 1. The smallest absolute Gasteiger partial charge is 0.314 e. The van der Waals surface area contributed by atoms with E-state index in [9.17, 15) is 18.0 Å². The summed E-state index contributed by atoms with van der Waals surface area (Å²) in [6.45, 7) is 0.659. The van der Waals surface area contributed by atoms with Crippen LogP contribution in [0.25, 0.3) is 0 Å². The van der Waals surface area contributed by atoms with Gasteiger partial charge < -0.3 is 5.32 Å². The van der Waals surface area contributed by atoms with Gasteiger partial charge in [0.2, 0.25) is 0 Å². The van der Waals surface area contributed by atoms with E-state index in [1.807, 2.05) is 0 Å². The fraction of sp³-hybridized carbons (Fsp3) is 0.417. The van der Waals surface area contributed by atoms with Crippen molar-refractivity contribution < 1.29 is 18.0 Å². The van der Waals surface area contributed by atoms with Crippen molar-refractivity contribution >= 4 is 5.91 Å². The van der Waals surface area contributed by atoms with Crippen LogP contribution >= 0.6 is 0 Å². The molecule has 2 unspecified atom stereocenters. The van der Waals surface area contributed by atoms with Crippen LogP contribution in [0.1, 0.15) is 21.8 Å². The van der Waals surface area contributed by atoms with Gasteiger partial charge in [0, 0.05) is 24.6 Å². The van der Waals surface area contributed by atoms with Gasteiger partial charge in [0.25, 0.3) is 5.91 Å². The second kappa shape index (κ2) is 3.71. The van der Waals surface area contributed by atoms with Crippen LogP contribution in [-0.2, 0) is 0 Å². The molecule has 1 N–H and O–H groups in total. The SMILES string of the molecule is O=C1c2ccccc2C2CNCC2N1C(F)(F)F. The van der Waals surface area contributed by atoms with Crippen molar-refractivity contribution in [3.63, 3.8) is 0 Å². The fourth-order valence-electron chi connectivity index (χ4n) is 2.85. The predicted molar refractivity (Wildman–Crippen MR) is 58.1 cm³/mol. The Bertz CT molecular complexity index is 500. The summed E-state index contributed by atoms with van der Waals surface area (Å²) in [7, 11) is 0. The summed E-state index contributed by atoms with van der Waals surface area (Å²) in [4.78, 5) is 12.1. The van der Waals surface area contributed by atoms with Gasteiger partial charge in [-0.25, -0.2) is 4.90 Å². The molecule has 2 atom stereocenters. The van der Waals surface area contributed by atoms with E-state index in [0.717, 1.165) is 5.56 Å². The van der Waals surface area contributed by atoms with Gasteiger partial charge in [0.15, 0.2) is 0 Å². The van der Waals surface area contributed by atoms with Gasteiger partial charge in [-0.3, -0.25) is 4.79 Å². The number of hydrogen-bond donors (Lipinski definition) is 1. The number of nitrogens with one attached hydrogen (secondary N) is 1. The molecule has 1 fully saturated rings. The summed E-state index contributed by atoms with van der Waals surface area (Å²) in [6.07, 6.45) is -4.63. The lowest BCUT2D eigenvalue weighted by atomic mass is 9.85. The number of rotatable bonds is 0. The predicted octanol–water partition coefficient (Wildman–Crippen LogP) is 1.72. The summed E-state index contributed by atoms with van der Waals surface area (Å²) in [5, 5.41) is 2.93. The summed E-state index contributed by atoms with van der Waals surface area (Å²) >= 11 is 0. The van der Waals surface area contributed by atoms with Crippen molar-refractivity contribution in [3.05, 3.63) is 35.4 Å². The minimum absolute atomic E-state index is 0.0694. The summed E-state index contributed by atoms with van der Waals surface area (Å²) in [6, 6.07) is 5.72. The Morgan fingerprint density at radius 3 is 2.67 bits per heavy atom. The molecule has 0 aliphatic carbocycles. The maximum Gasteiger partial charge on any atom is 0.487 e. The molecule has 1 amide bonds. The highest BCUT2D eigenvalue weighted by Crippen LogP contribution is 2.40. The molecule has 18 heavy (non-hydrogen) atoms. The molecular weight excluding hydrogens is 245 g/mol. The first-order valence-electron chi connectivity index (χ1n) is 5.70. The second-order valence-electron chi connectivity index (χ2n) is 4.56. The number of carbonyl (C=O) groups is 1. The first kappa shape index (κ1) is 11.5. The molecule has 1 aromatic rings. The average Bonchev–Trinajstić information content (AvgIpc) is 2.76. The highest BCUT2D eigenvalue weighted by Gasteiger charge is 2.53. The average molecular weight is 256 g/mol. The third-order valence-electron chi connectivity index (χ3n) is 3.60. The Morgan fingerprint density at radius 1 is 1.22 bits per heavy atom. The lowest BCUT2D eigenvalue weighted by Gasteiger charge is -2.38. The molecule has 0 aromatic heterocycles. The fourth-order valence-corrected chi connectivity index (χ4v) is 2.85. The summed E-state index contributed by atoms with van der Waals surface area (Å²) < 4.78 is 39.0. The number of halogens is 3. The largest absolute Gasteiger partial charge is 0.487 e. The third-order valence-corrected chi connectivity index (χ3v) is 3.60. The molecule has 1 saturated heterocycles. The van der Waals surface area contributed by atoms with Crippen LogP contribution in [0.2, 0.25) is 0 Å². The first-order valence-corrected chi connectivity index (χ1v) is 5.70. The van der Waals surface area contributed by atoms with Crippen molar-refractivity contribution in [2.75, 3.05) is 13.1 Å². The normalized spacial score (nSPS) is 27.1. The van der Waals surface area contributed by atoms with Crippen molar-refractivity contribution in [2.45, 2.75) is 18.3 Å². The minimum Gasteiger partial charge on any atom is -0.314 e. The monoisotopic (exact) mass is 256 g/mol. The quantitative estimate of drug-likeness (QED) is 0.717. The van der Waals surface area contributed by atoms with E-state index in [2.05, 4.69) is 5.32 Å². The van der Waals surface area contributed by atoms with Crippen molar-refractivity contribution in [1.82, 2.24) is 10.2 Å². The van der Waals surface area contributed by atoms with E-state index in [-0.39, 0.29) is 22.9 Å². The molecule has 1 aromatic carbocycles. The summed E-state index contributed by atoms with van der Waals surface area (Å²) in [5.41, 5.74) is 0.887. The van der Waals surface area contributed by atoms with E-state index >= 15 is 0 Å². The second-order valence-corrected chi connectivity index (χ2v) is 4.56. The number of nitrogens with zero attached hydrogens (tertiary/aromatic N) is 1. The Kier molecular flexibility index (Phi) is 2.38. The van der Waals surface area contributed by atoms with Gasteiger partial charge in [-0.2, -0.15) is 0 Å². The van der Waals surface area contributed by atoms with Crippen LogP contribution < -0.4 is 5.32 Å². The number of benzene rings is 1. The minimum atomic E-state index is -4.63. The third kappa shape index (κ3) is 1.52. The molecule has 0 bridgehead atoms. The number of fused-ring (bicyclic) bond motifs is 3. The topological polar surface area (TPSA) is 32.3 Å². The van der Waals surface area contributed by atoms with Gasteiger partial charge in [-0.1, -0.05) is 18.2 Å². The van der Waals surface area contributed by atoms with E-state index in [0.29, 0.717) is 6.54 Å². The van der Waals surface area contributed by atoms with Crippen LogP contribution in [0.3, 0.4) is 0 Å². The number of alkyl halides is 3. The molecule has 0 radical (unpaired) electrons. The number of amides is 1. The zero-order valence-electron chi connectivity index (χ0n) is 9.37. The molecule has 3 rings (SSSR count). The highest BCUT2D eigenvalue weighted by atomic mass is 19.4. The van der Waals surface area contributed by atoms with Crippen molar-refractivity contribution in [2.24, 2.45) is 0 Å². The lowest BCUT2D eigenvalue weighted by Crippen LogP contribution is -2.54. The molecule has 0 spiro atoms. The first-order chi connectivity index (χ1) is 8.50. The van der Waals surface area contributed by atoms with Crippen molar-refractivity contribution in [3.8, 4) is 0 Å². The van der Waals surface area contributed by atoms with Crippen LogP contribution in [-0.4, -0.2) is 36.2 Å². The van der Waals surface area contributed by atoms with E-state index < -0.39 is 18.2 Å². The van der Waals surface area contributed by atoms with E-state index in [1.54, 1.807) is 18.2 Å². The molecule has 0 saturated carbocycles. The van der Waals surface area contributed by atoms with Gasteiger partial charge in [-0.05, 0) is 11.6 Å². The Hall–Kier alpha value is -1.56. The molecule has 2 heterocycles. The zero-order valence-corrected chi connectivity index (χ0v) is 9.37. The highest BCUT2D eigenvalue weighted by molar-refractivity contribution is 5.97. The van der Waals surface area contributed by atoms with E-state index in [4.69, 9.17) is 0 Å². The van der Waals surface area contributed by atoms with Crippen LogP contribution in [0.5, 0.6) is 0 Å². The molecule has 6 heteroatoms. The van der Waals surface area contributed by atoms with Gasteiger partial charge in [0.05, 0.1) is 6.04 Å². The van der Waals surface area contributed by atoms with Crippen LogP contribution in [0.15, 0.2) is 24.3 Å². The van der Waals surface area contributed by atoms with Crippen LogP contribution in [0.4, 0.5) is 13.2 Å². The number of hydrogen-bond acceptors (Lipinski definition) is 2. The van der Waals surface area contributed by atoms with Gasteiger partial charge in [0.1, 0.15) is 0 Å². The van der Waals surface area contributed by atoms with Crippen LogP contribution in [0, 0.1) is 0 Å². The van der Waals surface area contributed by atoms with Gasteiger partial charge >= 0.3 is 6.30 Å². The lowest BCUT2D eigenvalue weighted by molar-refractivity contribution is -0.237. The Labute approximate surface area is 102 Å². The van der Waals surface area contributed by atoms with E-state index in [1.165, 1.54) is 6.07 Å². The Balaban J connectivity index is 2.14. The zero-order chi connectivity index (χ0) is 12.9. The van der Waals surface area contributed by atoms with Gasteiger partial charge in [-0.15, -0.1) is 13.2 Å². The molecule has 3 nitrogen and oxygen atoms in total. The Morgan fingerprint density at radius 2 is 1.94 bits per heavy atom.